The third-order valence-electron chi connectivity index (χ3n) is 4.84. The molecule has 3 rings (SSSR count). The topological polar surface area (TPSA) is 85.8 Å². The number of hydrogen-bond acceptors (Lipinski definition) is 6. The molecule has 0 saturated carbocycles. The van der Waals surface area contributed by atoms with Crippen molar-refractivity contribution < 1.29 is 14.8 Å². The molecule has 1 aliphatic heterocycles. The van der Waals surface area contributed by atoms with Gasteiger partial charge in [-0.25, -0.2) is 10.5 Å². The number of benzene rings is 1. The summed E-state index contributed by atoms with van der Waals surface area (Å²) < 4.78 is 0. The number of amides is 2. The third-order valence-corrected chi connectivity index (χ3v) is 5.64. The summed E-state index contributed by atoms with van der Waals surface area (Å²) in [5.41, 5.74) is 4.32. The van der Waals surface area contributed by atoms with Crippen LogP contribution < -0.4 is 10.4 Å². The average Bonchev–Trinajstić information content (AvgIpc) is 3.17. The lowest BCUT2D eigenvalue weighted by Gasteiger charge is -2.37. The van der Waals surface area contributed by atoms with Crippen molar-refractivity contribution in [3.8, 4) is 0 Å². The van der Waals surface area contributed by atoms with Gasteiger partial charge in [0.2, 0.25) is 5.91 Å². The number of carbonyl (C=O) groups excluding carboxylic acids is 2. The first kappa shape index (κ1) is 20.0. The zero-order valence-electron chi connectivity index (χ0n) is 16.0. The predicted octanol–water partition coefficient (Wildman–Crippen LogP) is 2.42. The third kappa shape index (κ3) is 4.58. The first-order valence-corrected chi connectivity index (χ1v) is 10.0. The summed E-state index contributed by atoms with van der Waals surface area (Å²) in [7, 11) is 0. The number of aromatic nitrogens is 1. The summed E-state index contributed by atoms with van der Waals surface area (Å²) in [5.74, 6) is -0.696. The summed E-state index contributed by atoms with van der Waals surface area (Å²) in [4.78, 5) is 32.6. The van der Waals surface area contributed by atoms with Gasteiger partial charge in [0.15, 0.2) is 0 Å². The molecule has 1 aromatic heterocycles. The SMILES string of the molecule is Cc1nc(C(C)C(=O)N2CCN(c3ccccc3/C=C/C(=O)NO)CC2)cs1. The molecule has 28 heavy (non-hydrogen) atoms. The Morgan fingerprint density at radius 2 is 1.96 bits per heavy atom. The Labute approximate surface area is 168 Å². The number of nitrogens with zero attached hydrogens (tertiary/aromatic N) is 3. The molecule has 148 valence electrons. The van der Waals surface area contributed by atoms with E-state index in [9.17, 15) is 9.59 Å². The molecule has 1 saturated heterocycles. The number of piperazine rings is 1. The first-order valence-electron chi connectivity index (χ1n) is 9.16. The summed E-state index contributed by atoms with van der Waals surface area (Å²) in [6, 6.07) is 7.76. The summed E-state index contributed by atoms with van der Waals surface area (Å²) in [6.07, 6.45) is 2.96. The highest BCUT2D eigenvalue weighted by Crippen LogP contribution is 2.25. The van der Waals surface area contributed by atoms with Gasteiger partial charge in [0.1, 0.15) is 0 Å². The Hall–Kier alpha value is -2.71. The summed E-state index contributed by atoms with van der Waals surface area (Å²) in [6.45, 7) is 6.57. The van der Waals surface area contributed by atoms with E-state index in [2.05, 4.69) is 9.88 Å². The summed E-state index contributed by atoms with van der Waals surface area (Å²) >= 11 is 1.56. The number of hydroxylamine groups is 1. The highest BCUT2D eigenvalue weighted by atomic mass is 32.1. The molecule has 1 fully saturated rings. The van der Waals surface area contributed by atoms with E-state index in [-0.39, 0.29) is 11.8 Å². The maximum absolute atomic E-state index is 12.8. The van der Waals surface area contributed by atoms with Gasteiger partial charge in [0.25, 0.3) is 5.91 Å². The van der Waals surface area contributed by atoms with Gasteiger partial charge in [-0.05, 0) is 31.6 Å². The van der Waals surface area contributed by atoms with Gasteiger partial charge in [-0.3, -0.25) is 14.8 Å². The molecule has 1 aromatic carbocycles. The van der Waals surface area contributed by atoms with Gasteiger partial charge in [0, 0.05) is 43.3 Å². The van der Waals surface area contributed by atoms with E-state index in [1.807, 2.05) is 48.4 Å². The molecule has 1 unspecified atom stereocenters. The van der Waals surface area contributed by atoms with Crippen molar-refractivity contribution in [3.05, 3.63) is 52.0 Å². The molecule has 0 bridgehead atoms. The Bertz CT molecular complexity index is 872. The molecule has 2 aromatic rings. The van der Waals surface area contributed by atoms with Gasteiger partial charge in [-0.15, -0.1) is 11.3 Å². The number of rotatable bonds is 5. The predicted molar refractivity (Wildman–Crippen MR) is 109 cm³/mol. The van der Waals surface area contributed by atoms with E-state index in [0.717, 1.165) is 22.0 Å². The van der Waals surface area contributed by atoms with Crippen LogP contribution in [0.4, 0.5) is 5.69 Å². The second-order valence-corrected chi connectivity index (χ2v) is 7.76. The monoisotopic (exact) mass is 400 g/mol. The van der Waals surface area contributed by atoms with Crippen LogP contribution in [0.2, 0.25) is 0 Å². The molecule has 7 nitrogen and oxygen atoms in total. The van der Waals surface area contributed by atoms with Crippen LogP contribution in [0.5, 0.6) is 0 Å². The lowest BCUT2D eigenvalue weighted by atomic mass is 10.1. The van der Waals surface area contributed by atoms with Crippen molar-refractivity contribution in [1.29, 1.82) is 0 Å². The second kappa shape index (κ2) is 8.99. The van der Waals surface area contributed by atoms with Crippen LogP contribution in [-0.4, -0.2) is 53.1 Å². The van der Waals surface area contributed by atoms with Crippen molar-refractivity contribution in [3.63, 3.8) is 0 Å². The minimum Gasteiger partial charge on any atom is -0.367 e. The minimum absolute atomic E-state index is 0.109. The average molecular weight is 401 g/mol. The highest BCUT2D eigenvalue weighted by Gasteiger charge is 2.27. The van der Waals surface area contributed by atoms with Crippen LogP contribution in [0.25, 0.3) is 6.08 Å². The molecule has 2 heterocycles. The van der Waals surface area contributed by atoms with E-state index in [0.29, 0.717) is 26.2 Å². The van der Waals surface area contributed by atoms with Crippen molar-refractivity contribution in [1.82, 2.24) is 15.4 Å². The van der Waals surface area contributed by atoms with Gasteiger partial charge < -0.3 is 9.80 Å². The molecule has 2 amide bonds. The Kier molecular flexibility index (Phi) is 6.43. The van der Waals surface area contributed by atoms with Gasteiger partial charge in [-0.2, -0.15) is 0 Å². The maximum atomic E-state index is 12.8. The Morgan fingerprint density at radius 3 is 2.61 bits per heavy atom. The second-order valence-electron chi connectivity index (χ2n) is 6.69. The number of thiazole rings is 1. The molecule has 0 aliphatic carbocycles. The highest BCUT2D eigenvalue weighted by molar-refractivity contribution is 7.09. The number of para-hydroxylation sites is 1. The van der Waals surface area contributed by atoms with Crippen molar-refractivity contribution in [2.45, 2.75) is 19.8 Å². The molecule has 8 heteroatoms. The molecule has 2 N–H and O–H groups in total. The lowest BCUT2D eigenvalue weighted by molar-refractivity contribution is -0.132. The van der Waals surface area contributed by atoms with Crippen molar-refractivity contribution >= 4 is 34.9 Å². The molecule has 0 spiro atoms. The first-order chi connectivity index (χ1) is 13.5. The van der Waals surface area contributed by atoms with Crippen LogP contribution in [0.15, 0.2) is 35.7 Å². The molecular weight excluding hydrogens is 376 g/mol. The fourth-order valence-electron chi connectivity index (χ4n) is 3.27. The normalized spacial score (nSPS) is 15.7. The van der Waals surface area contributed by atoms with E-state index < -0.39 is 5.91 Å². The lowest BCUT2D eigenvalue weighted by Crippen LogP contribution is -2.50. The fraction of sp³-hybridized carbons (Fsp3) is 0.350. The largest absolute Gasteiger partial charge is 0.367 e. The molecule has 1 atom stereocenters. The van der Waals surface area contributed by atoms with Crippen molar-refractivity contribution in [2.24, 2.45) is 0 Å². The van der Waals surface area contributed by atoms with Crippen LogP contribution in [0.3, 0.4) is 0 Å². The molecule has 0 radical (unpaired) electrons. The van der Waals surface area contributed by atoms with Gasteiger partial charge in [-0.1, -0.05) is 18.2 Å². The molecule has 1 aliphatic rings. The Balaban J connectivity index is 1.65. The maximum Gasteiger partial charge on any atom is 0.267 e. The van der Waals surface area contributed by atoms with E-state index in [4.69, 9.17) is 5.21 Å². The van der Waals surface area contributed by atoms with E-state index in [1.54, 1.807) is 22.9 Å². The molecular formula is C20H24N4O3S. The fourth-order valence-corrected chi connectivity index (χ4v) is 3.97. The summed E-state index contributed by atoms with van der Waals surface area (Å²) in [5, 5.41) is 11.6. The number of carbonyl (C=O) groups is 2. The minimum atomic E-state index is -0.573. The van der Waals surface area contributed by atoms with E-state index >= 15 is 0 Å². The van der Waals surface area contributed by atoms with Gasteiger partial charge >= 0.3 is 0 Å². The standard InChI is InChI=1S/C20H24N4O3S/c1-14(17-13-28-15(2)21-17)20(26)24-11-9-23(10-12-24)18-6-4-3-5-16(18)7-8-19(25)22-27/h3-8,13-14,27H,9-12H2,1-2H3,(H,22,25)/b8-7+. The number of anilines is 1. The Morgan fingerprint density at radius 1 is 1.25 bits per heavy atom. The zero-order valence-corrected chi connectivity index (χ0v) is 16.8. The van der Waals surface area contributed by atoms with Crippen LogP contribution >= 0.6 is 11.3 Å². The number of nitrogens with one attached hydrogen (secondary N) is 1. The smallest absolute Gasteiger partial charge is 0.267 e. The van der Waals surface area contributed by atoms with Crippen molar-refractivity contribution in [2.75, 3.05) is 31.1 Å². The number of hydrogen-bond donors (Lipinski definition) is 2. The van der Waals surface area contributed by atoms with Gasteiger partial charge in [0.05, 0.1) is 16.6 Å². The van der Waals surface area contributed by atoms with Crippen LogP contribution in [0, 0.1) is 6.92 Å². The zero-order chi connectivity index (χ0) is 20.1. The van der Waals surface area contributed by atoms with Crippen LogP contribution in [0.1, 0.15) is 29.1 Å². The number of aryl methyl sites for hydroxylation is 1. The van der Waals surface area contributed by atoms with Crippen LogP contribution in [-0.2, 0) is 9.59 Å². The van der Waals surface area contributed by atoms with E-state index in [1.165, 1.54) is 6.08 Å². The quantitative estimate of drug-likeness (QED) is 0.457.